The van der Waals surface area contributed by atoms with E-state index in [9.17, 15) is 4.79 Å². The number of aromatic nitrogens is 4. The largest absolute Gasteiger partial charge is 0.490 e. The first kappa shape index (κ1) is 18.7. The smallest absolute Gasteiger partial charge is 0.255 e. The summed E-state index contributed by atoms with van der Waals surface area (Å²) in [6.07, 6.45) is 1.70. The Balaban J connectivity index is 2.16. The standard InChI is InChI=1S/C15H19BrN6O3/c1-3-5-22-15(19-20-21-22)18-8-10-6-11(16)14(25-9-13(17)23)12(7-10)24-4-2/h3,6-7H,1,4-5,8-9H2,2H3,(H2,17,23)(H,18,19,21). The second kappa shape index (κ2) is 9.02. The maximum atomic E-state index is 10.9. The van der Waals surface area contributed by atoms with Gasteiger partial charge in [-0.25, -0.2) is 4.68 Å². The number of benzene rings is 1. The summed E-state index contributed by atoms with van der Waals surface area (Å²) in [5, 5.41) is 14.6. The molecule has 3 N–H and O–H groups in total. The van der Waals surface area contributed by atoms with E-state index in [0.29, 0.717) is 41.6 Å². The van der Waals surface area contributed by atoms with Gasteiger partial charge < -0.3 is 20.5 Å². The number of hydrogen-bond donors (Lipinski definition) is 2. The zero-order valence-corrected chi connectivity index (χ0v) is 15.3. The Morgan fingerprint density at radius 1 is 1.48 bits per heavy atom. The third-order valence-corrected chi connectivity index (χ3v) is 3.60. The van der Waals surface area contributed by atoms with Crippen molar-refractivity contribution in [3.8, 4) is 11.5 Å². The molecule has 0 saturated carbocycles. The van der Waals surface area contributed by atoms with Crippen LogP contribution in [0, 0.1) is 0 Å². The number of rotatable bonds is 10. The third-order valence-electron chi connectivity index (χ3n) is 3.01. The van der Waals surface area contributed by atoms with Crippen LogP contribution in [0.1, 0.15) is 12.5 Å². The van der Waals surface area contributed by atoms with Crippen LogP contribution in [-0.4, -0.2) is 39.3 Å². The van der Waals surface area contributed by atoms with Gasteiger partial charge in [0.05, 0.1) is 17.6 Å². The zero-order valence-electron chi connectivity index (χ0n) is 13.7. The number of primary amides is 1. The van der Waals surface area contributed by atoms with Crippen LogP contribution in [0.2, 0.25) is 0 Å². The first-order chi connectivity index (χ1) is 12.0. The molecule has 0 aliphatic carbocycles. The maximum absolute atomic E-state index is 10.9. The van der Waals surface area contributed by atoms with Crippen molar-refractivity contribution < 1.29 is 14.3 Å². The fourth-order valence-electron chi connectivity index (χ4n) is 2.03. The van der Waals surface area contributed by atoms with E-state index in [4.69, 9.17) is 15.2 Å². The number of carbonyl (C=O) groups is 1. The summed E-state index contributed by atoms with van der Waals surface area (Å²) in [6.45, 7) is 6.72. The van der Waals surface area contributed by atoms with Crippen molar-refractivity contribution in [2.75, 3.05) is 18.5 Å². The van der Waals surface area contributed by atoms with Gasteiger partial charge in [0, 0.05) is 6.54 Å². The molecule has 134 valence electrons. The summed E-state index contributed by atoms with van der Waals surface area (Å²) >= 11 is 3.43. The van der Waals surface area contributed by atoms with Crippen LogP contribution >= 0.6 is 15.9 Å². The van der Waals surface area contributed by atoms with E-state index >= 15 is 0 Å². The number of halogens is 1. The van der Waals surface area contributed by atoms with Crippen molar-refractivity contribution in [1.29, 1.82) is 0 Å². The molecule has 1 aromatic heterocycles. The monoisotopic (exact) mass is 410 g/mol. The van der Waals surface area contributed by atoms with Crippen molar-refractivity contribution in [1.82, 2.24) is 20.2 Å². The van der Waals surface area contributed by atoms with Gasteiger partial charge in [-0.1, -0.05) is 11.2 Å². The molecule has 0 aliphatic rings. The molecule has 25 heavy (non-hydrogen) atoms. The minimum absolute atomic E-state index is 0.230. The predicted molar refractivity (Wildman–Crippen MR) is 95.3 cm³/mol. The van der Waals surface area contributed by atoms with Crippen molar-refractivity contribution in [3.05, 3.63) is 34.8 Å². The van der Waals surface area contributed by atoms with E-state index in [1.165, 1.54) is 0 Å². The van der Waals surface area contributed by atoms with Gasteiger partial charge >= 0.3 is 0 Å². The van der Waals surface area contributed by atoms with E-state index in [0.717, 1.165) is 5.56 Å². The molecule has 9 nitrogen and oxygen atoms in total. The van der Waals surface area contributed by atoms with E-state index in [1.54, 1.807) is 10.8 Å². The summed E-state index contributed by atoms with van der Waals surface area (Å²) in [5.41, 5.74) is 6.04. The molecule has 0 saturated heterocycles. The molecule has 0 atom stereocenters. The first-order valence-corrected chi connectivity index (χ1v) is 8.31. The summed E-state index contributed by atoms with van der Waals surface area (Å²) in [7, 11) is 0. The van der Waals surface area contributed by atoms with Gasteiger partial charge in [-0.15, -0.1) is 6.58 Å². The molecule has 1 aromatic carbocycles. The van der Waals surface area contributed by atoms with E-state index in [1.807, 2.05) is 19.1 Å². The lowest BCUT2D eigenvalue weighted by Gasteiger charge is -2.15. The first-order valence-electron chi connectivity index (χ1n) is 7.52. The van der Waals surface area contributed by atoms with Gasteiger partial charge in [0.25, 0.3) is 5.91 Å². The predicted octanol–water partition coefficient (Wildman–Crippen LogP) is 1.50. The van der Waals surface area contributed by atoms with Crippen LogP contribution in [-0.2, 0) is 17.9 Å². The summed E-state index contributed by atoms with van der Waals surface area (Å²) in [5.74, 6) is 0.915. The number of tetrazole rings is 1. The number of carbonyl (C=O) groups excluding carboxylic acids is 1. The second-order valence-electron chi connectivity index (χ2n) is 4.92. The van der Waals surface area contributed by atoms with Gasteiger partial charge in [0.15, 0.2) is 18.1 Å². The van der Waals surface area contributed by atoms with E-state index in [2.05, 4.69) is 43.4 Å². The van der Waals surface area contributed by atoms with Gasteiger partial charge in [0.2, 0.25) is 5.95 Å². The highest BCUT2D eigenvalue weighted by molar-refractivity contribution is 9.10. The molecule has 1 heterocycles. The molecule has 0 spiro atoms. The molecular formula is C15H19BrN6O3. The molecule has 1 amide bonds. The molecule has 0 bridgehead atoms. The highest BCUT2D eigenvalue weighted by atomic mass is 79.9. The van der Waals surface area contributed by atoms with E-state index < -0.39 is 5.91 Å². The lowest BCUT2D eigenvalue weighted by Crippen LogP contribution is -2.20. The average Bonchev–Trinajstić information content (AvgIpc) is 3.00. The normalized spacial score (nSPS) is 10.3. The number of amides is 1. The number of ether oxygens (including phenoxy) is 2. The fourth-order valence-corrected chi connectivity index (χ4v) is 2.63. The average molecular weight is 411 g/mol. The second-order valence-corrected chi connectivity index (χ2v) is 5.77. The lowest BCUT2D eigenvalue weighted by molar-refractivity contribution is -0.119. The molecule has 2 rings (SSSR count). The molecule has 0 radical (unpaired) electrons. The highest BCUT2D eigenvalue weighted by Gasteiger charge is 2.14. The van der Waals surface area contributed by atoms with Crippen molar-refractivity contribution in [2.24, 2.45) is 5.73 Å². The Labute approximate surface area is 153 Å². The van der Waals surface area contributed by atoms with Crippen LogP contribution in [0.5, 0.6) is 11.5 Å². The Kier molecular flexibility index (Phi) is 6.75. The van der Waals surface area contributed by atoms with Crippen molar-refractivity contribution in [3.63, 3.8) is 0 Å². The number of hydrogen-bond acceptors (Lipinski definition) is 7. The highest BCUT2D eigenvalue weighted by Crippen LogP contribution is 2.37. The summed E-state index contributed by atoms with van der Waals surface area (Å²) in [6, 6.07) is 3.67. The molecular weight excluding hydrogens is 392 g/mol. The summed E-state index contributed by atoms with van der Waals surface area (Å²) in [4.78, 5) is 10.9. The third kappa shape index (κ3) is 5.18. The topological polar surface area (TPSA) is 117 Å². The number of nitrogens with two attached hydrogens (primary N) is 1. The van der Waals surface area contributed by atoms with Crippen molar-refractivity contribution >= 4 is 27.8 Å². The SMILES string of the molecule is C=CCn1nnnc1NCc1cc(Br)c(OCC(N)=O)c(OCC)c1. The van der Waals surface area contributed by atoms with Crippen LogP contribution < -0.4 is 20.5 Å². The van der Waals surface area contributed by atoms with Gasteiger partial charge in [-0.2, -0.15) is 0 Å². The van der Waals surface area contributed by atoms with Gasteiger partial charge in [-0.3, -0.25) is 4.79 Å². The quantitative estimate of drug-likeness (QED) is 0.569. The molecule has 10 heteroatoms. The van der Waals surface area contributed by atoms with Crippen LogP contribution in [0.4, 0.5) is 5.95 Å². The van der Waals surface area contributed by atoms with E-state index in [-0.39, 0.29) is 6.61 Å². The number of nitrogens with zero attached hydrogens (tertiary/aromatic N) is 4. The molecule has 0 fully saturated rings. The Hall–Kier alpha value is -2.62. The fraction of sp³-hybridized carbons (Fsp3) is 0.333. The zero-order chi connectivity index (χ0) is 18.2. The van der Waals surface area contributed by atoms with Gasteiger partial charge in [0.1, 0.15) is 0 Å². The van der Waals surface area contributed by atoms with Crippen LogP contribution in [0.25, 0.3) is 0 Å². The molecule has 2 aromatic rings. The maximum Gasteiger partial charge on any atom is 0.255 e. The number of allylic oxidation sites excluding steroid dienone is 1. The minimum Gasteiger partial charge on any atom is -0.490 e. The molecule has 0 aliphatic heterocycles. The lowest BCUT2D eigenvalue weighted by atomic mass is 10.2. The molecule has 0 unspecified atom stereocenters. The van der Waals surface area contributed by atoms with Crippen LogP contribution in [0.15, 0.2) is 29.3 Å². The Bertz CT molecular complexity index is 749. The number of nitrogens with one attached hydrogen (secondary N) is 1. The Morgan fingerprint density at radius 2 is 2.28 bits per heavy atom. The van der Waals surface area contributed by atoms with Gasteiger partial charge in [-0.05, 0) is 51.0 Å². The van der Waals surface area contributed by atoms with Crippen molar-refractivity contribution in [2.45, 2.75) is 20.0 Å². The minimum atomic E-state index is -0.561. The van der Waals surface area contributed by atoms with Crippen LogP contribution in [0.3, 0.4) is 0 Å². The summed E-state index contributed by atoms with van der Waals surface area (Å²) < 4.78 is 13.3. The Morgan fingerprint density at radius 3 is 2.96 bits per heavy atom. The number of anilines is 1.